The third-order valence-corrected chi connectivity index (χ3v) is 3.06. The van der Waals surface area contributed by atoms with Crippen LogP contribution in [0.4, 0.5) is 0 Å². The molecule has 6 nitrogen and oxygen atoms in total. The largest absolute Gasteiger partial charge is 0.383 e. The Kier molecular flexibility index (Phi) is 10.8. The summed E-state index contributed by atoms with van der Waals surface area (Å²) in [5.74, 6) is 0.0324. The van der Waals surface area contributed by atoms with Gasteiger partial charge in [0.05, 0.1) is 13.2 Å². The van der Waals surface area contributed by atoms with Gasteiger partial charge in [-0.2, -0.15) is 0 Å². The number of nitrogens with one attached hydrogen (secondary N) is 1. The summed E-state index contributed by atoms with van der Waals surface area (Å²) < 4.78 is 10.3. The number of carbonyl (C=O) groups excluding carboxylic acids is 1. The van der Waals surface area contributed by atoms with Crippen molar-refractivity contribution in [2.75, 3.05) is 47.1 Å². The Bertz CT molecular complexity index is 239. The summed E-state index contributed by atoms with van der Waals surface area (Å²) in [6.07, 6.45) is 0.405. The molecule has 2 atom stereocenters. The monoisotopic (exact) mass is 275 g/mol. The third kappa shape index (κ3) is 7.47. The minimum absolute atomic E-state index is 0.00634. The first-order valence-corrected chi connectivity index (χ1v) is 6.81. The summed E-state index contributed by atoms with van der Waals surface area (Å²) in [4.78, 5) is 13.9. The summed E-state index contributed by atoms with van der Waals surface area (Å²) >= 11 is 0. The van der Waals surface area contributed by atoms with Gasteiger partial charge in [-0.05, 0) is 13.8 Å². The van der Waals surface area contributed by atoms with Gasteiger partial charge < -0.3 is 20.5 Å². The molecule has 0 aliphatic heterocycles. The molecule has 0 saturated carbocycles. The first-order valence-electron chi connectivity index (χ1n) is 6.81. The molecule has 0 spiro atoms. The number of carbonyl (C=O) groups is 1. The summed E-state index contributed by atoms with van der Waals surface area (Å²) in [6, 6.07) is 0.204. The molecule has 0 aliphatic rings. The Morgan fingerprint density at radius 1 is 1.37 bits per heavy atom. The van der Waals surface area contributed by atoms with Gasteiger partial charge in [0.15, 0.2) is 0 Å². The number of nitrogens with zero attached hydrogens (tertiary/aromatic N) is 1. The molecule has 114 valence electrons. The van der Waals surface area contributed by atoms with Crippen molar-refractivity contribution in [3.05, 3.63) is 0 Å². The number of hydrogen-bond donors (Lipinski definition) is 2. The number of ether oxygens (including phenoxy) is 2. The lowest BCUT2D eigenvalue weighted by Crippen LogP contribution is -2.50. The highest BCUT2D eigenvalue weighted by atomic mass is 16.5. The van der Waals surface area contributed by atoms with Gasteiger partial charge in [0.25, 0.3) is 0 Å². The number of amides is 1. The predicted molar refractivity (Wildman–Crippen MR) is 76.1 cm³/mol. The molecular formula is C13H29N3O3. The molecule has 0 aromatic heterocycles. The van der Waals surface area contributed by atoms with Crippen LogP contribution >= 0.6 is 0 Å². The van der Waals surface area contributed by atoms with E-state index in [0.29, 0.717) is 32.7 Å². The highest BCUT2D eigenvalue weighted by Crippen LogP contribution is 2.09. The maximum atomic E-state index is 11.7. The van der Waals surface area contributed by atoms with Gasteiger partial charge in [-0.25, -0.2) is 0 Å². The standard InChI is InChI=1S/C13H29N3O3/c1-5-15-13(17)8-12(9-14)16(6-7-18-3)11(2)10-19-4/h11-12H,5-10,14H2,1-4H3,(H,15,17). The van der Waals surface area contributed by atoms with E-state index in [4.69, 9.17) is 15.2 Å². The van der Waals surface area contributed by atoms with Crippen LogP contribution in [0, 0.1) is 0 Å². The van der Waals surface area contributed by atoms with Crippen molar-refractivity contribution in [1.82, 2.24) is 10.2 Å². The summed E-state index contributed by atoms with van der Waals surface area (Å²) in [5.41, 5.74) is 5.82. The Morgan fingerprint density at radius 3 is 2.53 bits per heavy atom. The Balaban J connectivity index is 4.60. The van der Waals surface area contributed by atoms with Gasteiger partial charge in [0, 0.05) is 52.4 Å². The molecule has 0 aromatic rings. The Hall–Kier alpha value is -0.690. The summed E-state index contributed by atoms with van der Waals surface area (Å²) in [6.45, 7) is 7.01. The van der Waals surface area contributed by atoms with E-state index >= 15 is 0 Å². The molecule has 0 heterocycles. The molecular weight excluding hydrogens is 246 g/mol. The van der Waals surface area contributed by atoms with Crippen LogP contribution in [0.3, 0.4) is 0 Å². The normalized spacial score (nSPS) is 14.4. The third-order valence-electron chi connectivity index (χ3n) is 3.06. The second-order valence-corrected chi connectivity index (χ2v) is 4.58. The van der Waals surface area contributed by atoms with Crippen molar-refractivity contribution < 1.29 is 14.3 Å². The van der Waals surface area contributed by atoms with Crippen LogP contribution in [0.5, 0.6) is 0 Å². The number of hydrogen-bond acceptors (Lipinski definition) is 5. The van der Waals surface area contributed by atoms with E-state index in [1.165, 1.54) is 0 Å². The fourth-order valence-corrected chi connectivity index (χ4v) is 2.12. The van der Waals surface area contributed by atoms with Gasteiger partial charge in [0.1, 0.15) is 0 Å². The molecule has 0 radical (unpaired) electrons. The summed E-state index contributed by atoms with van der Waals surface area (Å²) in [5, 5.41) is 2.81. The van der Waals surface area contributed by atoms with E-state index < -0.39 is 0 Å². The number of nitrogens with two attached hydrogens (primary N) is 1. The van der Waals surface area contributed by atoms with Crippen LogP contribution in [0.2, 0.25) is 0 Å². The molecule has 1 amide bonds. The Labute approximate surface area is 116 Å². The van der Waals surface area contributed by atoms with Crippen molar-refractivity contribution in [2.45, 2.75) is 32.4 Å². The van der Waals surface area contributed by atoms with Crippen molar-refractivity contribution in [2.24, 2.45) is 5.73 Å². The first kappa shape index (κ1) is 18.3. The lowest BCUT2D eigenvalue weighted by molar-refractivity contribution is -0.122. The smallest absolute Gasteiger partial charge is 0.221 e. The number of methoxy groups -OCH3 is 2. The second kappa shape index (κ2) is 11.2. The second-order valence-electron chi connectivity index (χ2n) is 4.58. The quantitative estimate of drug-likeness (QED) is 0.547. The van der Waals surface area contributed by atoms with Gasteiger partial charge in [-0.15, -0.1) is 0 Å². The lowest BCUT2D eigenvalue weighted by Gasteiger charge is -2.35. The molecule has 2 unspecified atom stereocenters. The minimum Gasteiger partial charge on any atom is -0.383 e. The molecule has 0 bridgehead atoms. The van der Waals surface area contributed by atoms with E-state index in [0.717, 1.165) is 6.54 Å². The molecule has 0 rings (SSSR count). The van der Waals surface area contributed by atoms with Crippen molar-refractivity contribution in [3.63, 3.8) is 0 Å². The lowest BCUT2D eigenvalue weighted by atomic mass is 10.1. The maximum absolute atomic E-state index is 11.7. The van der Waals surface area contributed by atoms with Gasteiger partial charge in [-0.1, -0.05) is 0 Å². The van der Waals surface area contributed by atoms with Gasteiger partial charge >= 0.3 is 0 Å². The first-order chi connectivity index (χ1) is 9.10. The fraction of sp³-hybridized carbons (Fsp3) is 0.923. The highest BCUT2D eigenvalue weighted by molar-refractivity contribution is 5.76. The molecule has 0 fully saturated rings. The van der Waals surface area contributed by atoms with Crippen LogP contribution in [0.25, 0.3) is 0 Å². The average Bonchev–Trinajstić information content (AvgIpc) is 2.38. The zero-order chi connectivity index (χ0) is 14.7. The zero-order valence-electron chi connectivity index (χ0n) is 12.6. The van der Waals surface area contributed by atoms with Crippen molar-refractivity contribution >= 4 is 5.91 Å². The summed E-state index contributed by atoms with van der Waals surface area (Å²) in [7, 11) is 3.34. The van der Waals surface area contributed by atoms with E-state index in [2.05, 4.69) is 17.1 Å². The van der Waals surface area contributed by atoms with Crippen LogP contribution in [-0.2, 0) is 14.3 Å². The zero-order valence-corrected chi connectivity index (χ0v) is 12.6. The minimum atomic E-state index is 0.00634. The molecule has 6 heteroatoms. The SMILES string of the molecule is CCNC(=O)CC(CN)N(CCOC)C(C)COC. The van der Waals surface area contributed by atoms with Crippen molar-refractivity contribution in [3.8, 4) is 0 Å². The van der Waals surface area contributed by atoms with E-state index in [9.17, 15) is 4.79 Å². The fourth-order valence-electron chi connectivity index (χ4n) is 2.12. The Morgan fingerprint density at radius 2 is 2.05 bits per heavy atom. The highest BCUT2D eigenvalue weighted by Gasteiger charge is 2.24. The van der Waals surface area contributed by atoms with Gasteiger partial charge in [-0.3, -0.25) is 9.69 Å². The average molecular weight is 275 g/mol. The predicted octanol–water partition coefficient (Wildman–Crippen LogP) is -0.177. The molecule has 0 aromatic carbocycles. The maximum Gasteiger partial charge on any atom is 0.221 e. The van der Waals surface area contributed by atoms with Crippen LogP contribution in [0.1, 0.15) is 20.3 Å². The molecule has 3 N–H and O–H groups in total. The molecule has 0 saturated heterocycles. The molecule has 0 aliphatic carbocycles. The van der Waals surface area contributed by atoms with Gasteiger partial charge in [0.2, 0.25) is 5.91 Å². The van der Waals surface area contributed by atoms with Crippen LogP contribution < -0.4 is 11.1 Å². The van der Waals surface area contributed by atoms with E-state index in [-0.39, 0.29) is 18.0 Å². The van der Waals surface area contributed by atoms with Crippen LogP contribution in [-0.4, -0.2) is 70.0 Å². The van der Waals surface area contributed by atoms with E-state index in [1.54, 1.807) is 14.2 Å². The number of rotatable bonds is 11. The van der Waals surface area contributed by atoms with Crippen LogP contribution in [0.15, 0.2) is 0 Å². The molecule has 19 heavy (non-hydrogen) atoms. The van der Waals surface area contributed by atoms with Crippen molar-refractivity contribution in [1.29, 1.82) is 0 Å². The topological polar surface area (TPSA) is 76.8 Å². The van der Waals surface area contributed by atoms with E-state index in [1.807, 2.05) is 6.92 Å².